The van der Waals surface area contributed by atoms with Gasteiger partial charge in [-0.1, -0.05) is 33.6 Å². The van der Waals surface area contributed by atoms with Gasteiger partial charge >= 0.3 is 0 Å². The molecular formula is C12H25N. The minimum absolute atomic E-state index is 0.501. The van der Waals surface area contributed by atoms with E-state index in [1.807, 2.05) is 0 Å². The summed E-state index contributed by atoms with van der Waals surface area (Å²) in [6, 6.07) is 0. The third kappa shape index (κ3) is 2.98. The van der Waals surface area contributed by atoms with E-state index >= 15 is 0 Å². The van der Waals surface area contributed by atoms with Gasteiger partial charge < -0.3 is 5.73 Å². The Bertz CT molecular complexity index is 143. The molecule has 0 aliphatic heterocycles. The lowest BCUT2D eigenvalue weighted by atomic mass is 9.67. The lowest BCUT2D eigenvalue weighted by molar-refractivity contribution is 0.133. The maximum atomic E-state index is 5.93. The van der Waals surface area contributed by atoms with E-state index in [9.17, 15) is 0 Å². The van der Waals surface area contributed by atoms with Crippen LogP contribution in [0.4, 0.5) is 0 Å². The van der Waals surface area contributed by atoms with Crippen molar-refractivity contribution in [2.24, 2.45) is 23.0 Å². The fourth-order valence-corrected chi connectivity index (χ4v) is 2.73. The molecule has 0 aromatic rings. The first kappa shape index (κ1) is 11.0. The summed E-state index contributed by atoms with van der Waals surface area (Å²) in [5.74, 6) is 1.74. The summed E-state index contributed by atoms with van der Waals surface area (Å²) in [4.78, 5) is 0. The van der Waals surface area contributed by atoms with Crippen LogP contribution in [0.3, 0.4) is 0 Å². The molecule has 0 atom stereocenters. The van der Waals surface area contributed by atoms with Gasteiger partial charge in [-0.2, -0.15) is 0 Å². The summed E-state index contributed by atoms with van der Waals surface area (Å²) in [5.41, 5.74) is 6.43. The Balaban J connectivity index is 2.50. The van der Waals surface area contributed by atoms with Gasteiger partial charge in [0.1, 0.15) is 0 Å². The van der Waals surface area contributed by atoms with Gasteiger partial charge in [-0.05, 0) is 43.1 Å². The molecule has 1 nitrogen and oxygen atoms in total. The van der Waals surface area contributed by atoms with Crippen molar-refractivity contribution < 1.29 is 0 Å². The minimum atomic E-state index is 0.501. The van der Waals surface area contributed by atoms with E-state index in [0.717, 1.165) is 18.4 Å². The molecule has 1 heteroatoms. The van der Waals surface area contributed by atoms with Gasteiger partial charge in [0.2, 0.25) is 0 Å². The van der Waals surface area contributed by atoms with Crippen LogP contribution >= 0.6 is 0 Å². The van der Waals surface area contributed by atoms with Crippen LogP contribution in [0, 0.1) is 17.3 Å². The summed E-state index contributed by atoms with van der Waals surface area (Å²) in [5, 5.41) is 0. The molecule has 0 bridgehead atoms. The van der Waals surface area contributed by atoms with Gasteiger partial charge in [0, 0.05) is 0 Å². The molecule has 0 unspecified atom stereocenters. The van der Waals surface area contributed by atoms with E-state index in [1.54, 1.807) is 0 Å². The lowest BCUT2D eigenvalue weighted by Gasteiger charge is -2.40. The summed E-state index contributed by atoms with van der Waals surface area (Å²) >= 11 is 0. The zero-order valence-electron chi connectivity index (χ0n) is 9.47. The van der Waals surface area contributed by atoms with E-state index in [2.05, 4.69) is 20.8 Å². The molecule has 0 amide bonds. The smallest absolute Gasteiger partial charge is 0.00204 e. The Kier molecular flexibility index (Phi) is 3.78. The number of hydrogen-bond donors (Lipinski definition) is 1. The maximum Gasteiger partial charge on any atom is -0.00204 e. The Hall–Kier alpha value is -0.0400. The van der Waals surface area contributed by atoms with Gasteiger partial charge in [-0.25, -0.2) is 0 Å². The lowest BCUT2D eigenvalue weighted by Crippen LogP contribution is -2.35. The van der Waals surface area contributed by atoms with Crippen molar-refractivity contribution in [3.8, 4) is 0 Å². The Labute approximate surface area is 83.1 Å². The molecular weight excluding hydrogens is 158 g/mol. The molecule has 0 saturated heterocycles. The highest BCUT2D eigenvalue weighted by Gasteiger charge is 2.33. The fraction of sp³-hybridized carbons (Fsp3) is 1.00. The van der Waals surface area contributed by atoms with Crippen LogP contribution in [0.5, 0.6) is 0 Å². The molecule has 0 aromatic heterocycles. The van der Waals surface area contributed by atoms with E-state index in [4.69, 9.17) is 5.73 Å². The SMILES string of the molecule is CC(C)CC1(CN)CCC(C)CC1. The molecule has 1 fully saturated rings. The van der Waals surface area contributed by atoms with Crippen molar-refractivity contribution >= 4 is 0 Å². The van der Waals surface area contributed by atoms with Gasteiger partial charge in [0.25, 0.3) is 0 Å². The van der Waals surface area contributed by atoms with E-state index < -0.39 is 0 Å². The molecule has 1 rings (SSSR count). The van der Waals surface area contributed by atoms with Crippen molar-refractivity contribution in [1.29, 1.82) is 0 Å². The number of hydrogen-bond acceptors (Lipinski definition) is 1. The molecule has 78 valence electrons. The van der Waals surface area contributed by atoms with Crippen molar-refractivity contribution in [2.45, 2.75) is 52.9 Å². The van der Waals surface area contributed by atoms with Crippen LogP contribution in [-0.2, 0) is 0 Å². The topological polar surface area (TPSA) is 26.0 Å². The first-order valence-electron chi connectivity index (χ1n) is 5.78. The normalized spacial score (nSPS) is 35.3. The average Bonchev–Trinajstić information content (AvgIpc) is 2.09. The second kappa shape index (κ2) is 4.45. The van der Waals surface area contributed by atoms with Crippen LogP contribution in [0.2, 0.25) is 0 Å². The Morgan fingerprint density at radius 1 is 1.31 bits per heavy atom. The van der Waals surface area contributed by atoms with Gasteiger partial charge in [-0.15, -0.1) is 0 Å². The van der Waals surface area contributed by atoms with Crippen LogP contribution in [0.25, 0.3) is 0 Å². The first-order valence-corrected chi connectivity index (χ1v) is 5.78. The summed E-state index contributed by atoms with van der Waals surface area (Å²) in [6.07, 6.45) is 6.84. The fourth-order valence-electron chi connectivity index (χ4n) is 2.73. The molecule has 1 aliphatic carbocycles. The average molecular weight is 183 g/mol. The number of rotatable bonds is 3. The van der Waals surface area contributed by atoms with Gasteiger partial charge in [0.05, 0.1) is 0 Å². The van der Waals surface area contributed by atoms with E-state index in [1.165, 1.54) is 32.1 Å². The predicted octanol–water partition coefficient (Wildman–Crippen LogP) is 3.19. The van der Waals surface area contributed by atoms with Crippen molar-refractivity contribution in [3.63, 3.8) is 0 Å². The molecule has 2 N–H and O–H groups in total. The molecule has 0 radical (unpaired) electrons. The largest absolute Gasteiger partial charge is 0.330 e. The highest BCUT2D eigenvalue weighted by molar-refractivity contribution is 4.86. The first-order chi connectivity index (χ1) is 6.08. The monoisotopic (exact) mass is 183 g/mol. The van der Waals surface area contributed by atoms with Crippen LogP contribution in [0.1, 0.15) is 52.9 Å². The van der Waals surface area contributed by atoms with Gasteiger partial charge in [-0.3, -0.25) is 0 Å². The third-order valence-corrected chi connectivity index (χ3v) is 3.61. The second-order valence-electron chi connectivity index (χ2n) is 5.48. The van der Waals surface area contributed by atoms with E-state index in [-0.39, 0.29) is 0 Å². The van der Waals surface area contributed by atoms with Crippen LogP contribution in [0.15, 0.2) is 0 Å². The van der Waals surface area contributed by atoms with Crippen molar-refractivity contribution in [3.05, 3.63) is 0 Å². The Morgan fingerprint density at radius 2 is 1.85 bits per heavy atom. The standard InChI is InChI=1S/C12H25N/c1-10(2)8-12(9-13)6-4-11(3)5-7-12/h10-11H,4-9,13H2,1-3H3. The number of nitrogens with two attached hydrogens (primary N) is 1. The molecule has 0 heterocycles. The van der Waals surface area contributed by atoms with Crippen molar-refractivity contribution in [1.82, 2.24) is 0 Å². The van der Waals surface area contributed by atoms with Gasteiger partial charge in [0.15, 0.2) is 0 Å². The third-order valence-electron chi connectivity index (χ3n) is 3.61. The minimum Gasteiger partial charge on any atom is -0.330 e. The molecule has 0 aromatic carbocycles. The predicted molar refractivity (Wildman–Crippen MR) is 58.6 cm³/mol. The Morgan fingerprint density at radius 3 is 2.23 bits per heavy atom. The molecule has 1 saturated carbocycles. The van der Waals surface area contributed by atoms with Crippen molar-refractivity contribution in [2.75, 3.05) is 6.54 Å². The van der Waals surface area contributed by atoms with Crippen LogP contribution < -0.4 is 5.73 Å². The summed E-state index contributed by atoms with van der Waals surface area (Å²) in [7, 11) is 0. The molecule has 0 spiro atoms. The highest BCUT2D eigenvalue weighted by atomic mass is 14.6. The maximum absolute atomic E-state index is 5.93. The second-order valence-corrected chi connectivity index (χ2v) is 5.48. The summed E-state index contributed by atoms with van der Waals surface area (Å²) in [6.45, 7) is 7.90. The van der Waals surface area contributed by atoms with Crippen LogP contribution in [-0.4, -0.2) is 6.54 Å². The zero-order valence-corrected chi connectivity index (χ0v) is 9.47. The molecule has 13 heavy (non-hydrogen) atoms. The molecule has 1 aliphatic rings. The zero-order chi connectivity index (χ0) is 9.90. The summed E-state index contributed by atoms with van der Waals surface area (Å²) < 4.78 is 0. The van der Waals surface area contributed by atoms with E-state index in [0.29, 0.717) is 5.41 Å². The quantitative estimate of drug-likeness (QED) is 0.714. The highest BCUT2D eigenvalue weighted by Crippen LogP contribution is 2.42.